The van der Waals surface area contributed by atoms with E-state index in [4.69, 9.17) is 9.47 Å². The molecule has 0 heterocycles. The van der Waals surface area contributed by atoms with Gasteiger partial charge in [-0.1, -0.05) is 6.07 Å². The minimum atomic E-state index is 0.0237. The van der Waals surface area contributed by atoms with Crippen LogP contribution in [0.4, 0.5) is 0 Å². The maximum Gasteiger partial charge on any atom is 0.122 e. The summed E-state index contributed by atoms with van der Waals surface area (Å²) in [5.74, 6) is 1.79. The Balaban J connectivity index is 2.31. The van der Waals surface area contributed by atoms with Gasteiger partial charge in [-0.15, -0.1) is 0 Å². The number of hydrogen-bond donors (Lipinski definition) is 1. The van der Waals surface area contributed by atoms with Crippen molar-refractivity contribution in [1.29, 1.82) is 0 Å². The fourth-order valence-corrected chi connectivity index (χ4v) is 3.58. The standard InChI is InChI=1S/C19H22O3/c1-11-14-6-5-13-9-18(22-4)12(2)16(10-20)19(13)15(14)7-8-17(11)21-3/h7-9,20H,5-6,10H2,1-4H3. The van der Waals surface area contributed by atoms with Crippen LogP contribution in [0.2, 0.25) is 0 Å². The van der Waals surface area contributed by atoms with Gasteiger partial charge < -0.3 is 14.6 Å². The molecule has 2 aromatic carbocycles. The molecular formula is C19H22O3. The van der Waals surface area contributed by atoms with Gasteiger partial charge in [0.05, 0.1) is 20.8 Å². The topological polar surface area (TPSA) is 38.7 Å². The van der Waals surface area contributed by atoms with Crippen molar-refractivity contribution in [3.8, 4) is 22.6 Å². The Hall–Kier alpha value is -2.00. The van der Waals surface area contributed by atoms with E-state index >= 15 is 0 Å². The summed E-state index contributed by atoms with van der Waals surface area (Å²) in [6.45, 7) is 4.14. The van der Waals surface area contributed by atoms with Crippen LogP contribution in [-0.2, 0) is 19.4 Å². The van der Waals surface area contributed by atoms with Gasteiger partial charge >= 0.3 is 0 Å². The number of fused-ring (bicyclic) bond motifs is 3. The number of aryl methyl sites for hydroxylation is 1. The summed E-state index contributed by atoms with van der Waals surface area (Å²) in [6, 6.07) is 6.25. The summed E-state index contributed by atoms with van der Waals surface area (Å²) >= 11 is 0. The van der Waals surface area contributed by atoms with Crippen LogP contribution < -0.4 is 9.47 Å². The van der Waals surface area contributed by atoms with Crippen molar-refractivity contribution in [3.63, 3.8) is 0 Å². The van der Waals surface area contributed by atoms with Crippen LogP contribution >= 0.6 is 0 Å². The van der Waals surface area contributed by atoms with Gasteiger partial charge in [0.1, 0.15) is 11.5 Å². The van der Waals surface area contributed by atoms with E-state index in [1.165, 1.54) is 27.8 Å². The van der Waals surface area contributed by atoms with E-state index in [2.05, 4.69) is 19.1 Å². The maximum absolute atomic E-state index is 9.91. The first kappa shape index (κ1) is 14.9. The number of methoxy groups -OCH3 is 2. The van der Waals surface area contributed by atoms with Gasteiger partial charge in [-0.2, -0.15) is 0 Å². The van der Waals surface area contributed by atoms with Crippen molar-refractivity contribution in [1.82, 2.24) is 0 Å². The summed E-state index contributed by atoms with van der Waals surface area (Å²) in [6.07, 6.45) is 1.95. The number of rotatable bonds is 3. The minimum Gasteiger partial charge on any atom is -0.496 e. The molecule has 0 spiro atoms. The molecule has 0 saturated heterocycles. The van der Waals surface area contributed by atoms with Crippen molar-refractivity contribution in [2.75, 3.05) is 14.2 Å². The van der Waals surface area contributed by atoms with Gasteiger partial charge in [-0.25, -0.2) is 0 Å². The molecule has 0 amide bonds. The summed E-state index contributed by atoms with van der Waals surface area (Å²) in [5, 5.41) is 9.91. The van der Waals surface area contributed by atoms with Gasteiger partial charge in [-0.3, -0.25) is 0 Å². The first-order valence-corrected chi connectivity index (χ1v) is 7.59. The summed E-state index contributed by atoms with van der Waals surface area (Å²) in [5.41, 5.74) is 8.16. The molecule has 116 valence electrons. The highest BCUT2D eigenvalue weighted by molar-refractivity contribution is 5.80. The molecule has 1 aliphatic rings. The normalized spacial score (nSPS) is 12.6. The second-order valence-corrected chi connectivity index (χ2v) is 5.79. The Bertz CT molecular complexity index is 732. The van der Waals surface area contributed by atoms with Crippen LogP contribution in [0.25, 0.3) is 11.1 Å². The van der Waals surface area contributed by atoms with Gasteiger partial charge in [0.15, 0.2) is 0 Å². The zero-order valence-corrected chi connectivity index (χ0v) is 13.6. The van der Waals surface area contributed by atoms with Gasteiger partial charge in [0.2, 0.25) is 0 Å². The molecule has 1 aliphatic carbocycles. The molecular weight excluding hydrogens is 276 g/mol. The molecule has 3 nitrogen and oxygen atoms in total. The lowest BCUT2D eigenvalue weighted by molar-refractivity contribution is 0.280. The quantitative estimate of drug-likeness (QED) is 0.941. The molecule has 0 saturated carbocycles. The van der Waals surface area contributed by atoms with Gasteiger partial charge in [0.25, 0.3) is 0 Å². The molecule has 3 rings (SSSR count). The monoisotopic (exact) mass is 298 g/mol. The van der Waals surface area contributed by atoms with E-state index in [0.29, 0.717) is 0 Å². The number of aliphatic hydroxyl groups excluding tert-OH is 1. The number of aliphatic hydroxyl groups is 1. The van der Waals surface area contributed by atoms with Crippen molar-refractivity contribution in [3.05, 3.63) is 46.0 Å². The second-order valence-electron chi connectivity index (χ2n) is 5.79. The first-order valence-electron chi connectivity index (χ1n) is 7.59. The third kappa shape index (κ3) is 2.08. The van der Waals surface area contributed by atoms with Crippen LogP contribution in [0.1, 0.15) is 27.8 Å². The first-order chi connectivity index (χ1) is 10.6. The third-order valence-electron chi connectivity index (χ3n) is 4.81. The summed E-state index contributed by atoms with van der Waals surface area (Å²) in [7, 11) is 3.39. The minimum absolute atomic E-state index is 0.0237. The fourth-order valence-electron chi connectivity index (χ4n) is 3.58. The SMILES string of the molecule is COc1ccc2c(c1C)CCc1cc(OC)c(C)c(CO)c1-2. The second kappa shape index (κ2) is 5.65. The Labute approximate surface area is 131 Å². The highest BCUT2D eigenvalue weighted by Gasteiger charge is 2.24. The van der Waals surface area contributed by atoms with Crippen LogP contribution in [0.3, 0.4) is 0 Å². The van der Waals surface area contributed by atoms with E-state index in [1.54, 1.807) is 14.2 Å². The lowest BCUT2D eigenvalue weighted by Gasteiger charge is -2.27. The molecule has 0 unspecified atom stereocenters. The third-order valence-corrected chi connectivity index (χ3v) is 4.81. The van der Waals surface area contributed by atoms with Gasteiger partial charge in [0, 0.05) is 0 Å². The molecule has 0 atom stereocenters. The molecule has 1 N–H and O–H groups in total. The zero-order valence-electron chi connectivity index (χ0n) is 13.6. The Morgan fingerprint density at radius 1 is 1.00 bits per heavy atom. The summed E-state index contributed by atoms with van der Waals surface area (Å²) < 4.78 is 10.9. The fraction of sp³-hybridized carbons (Fsp3) is 0.368. The van der Waals surface area contributed by atoms with Gasteiger partial charge in [-0.05, 0) is 77.8 Å². The van der Waals surface area contributed by atoms with Crippen molar-refractivity contribution >= 4 is 0 Å². The molecule has 2 aromatic rings. The van der Waals surface area contributed by atoms with Crippen molar-refractivity contribution in [2.24, 2.45) is 0 Å². The van der Waals surface area contributed by atoms with E-state index in [-0.39, 0.29) is 6.61 Å². The van der Waals surface area contributed by atoms with Crippen molar-refractivity contribution in [2.45, 2.75) is 33.3 Å². The predicted octanol–water partition coefficient (Wildman–Crippen LogP) is 3.58. The Morgan fingerprint density at radius 3 is 2.36 bits per heavy atom. The van der Waals surface area contributed by atoms with E-state index in [0.717, 1.165) is 35.5 Å². The van der Waals surface area contributed by atoms with Crippen LogP contribution in [0.15, 0.2) is 18.2 Å². The number of benzene rings is 2. The maximum atomic E-state index is 9.91. The van der Waals surface area contributed by atoms with Crippen LogP contribution in [0, 0.1) is 13.8 Å². The molecule has 0 aliphatic heterocycles. The molecule has 0 radical (unpaired) electrons. The Kier molecular flexibility index (Phi) is 3.83. The highest BCUT2D eigenvalue weighted by Crippen LogP contribution is 2.43. The van der Waals surface area contributed by atoms with Crippen LogP contribution in [-0.4, -0.2) is 19.3 Å². The smallest absolute Gasteiger partial charge is 0.122 e. The highest BCUT2D eigenvalue weighted by atomic mass is 16.5. The lowest BCUT2D eigenvalue weighted by atomic mass is 9.79. The Morgan fingerprint density at radius 2 is 1.73 bits per heavy atom. The molecule has 0 aromatic heterocycles. The molecule has 22 heavy (non-hydrogen) atoms. The summed E-state index contributed by atoms with van der Waals surface area (Å²) in [4.78, 5) is 0. The molecule has 0 fully saturated rings. The average Bonchev–Trinajstić information content (AvgIpc) is 2.54. The average molecular weight is 298 g/mol. The van der Waals surface area contributed by atoms with Crippen LogP contribution in [0.5, 0.6) is 11.5 Å². The van der Waals surface area contributed by atoms with E-state index < -0.39 is 0 Å². The zero-order chi connectivity index (χ0) is 15.9. The molecule has 0 bridgehead atoms. The van der Waals surface area contributed by atoms with Crippen molar-refractivity contribution < 1.29 is 14.6 Å². The number of ether oxygens (including phenoxy) is 2. The van der Waals surface area contributed by atoms with E-state index in [1.807, 2.05) is 13.0 Å². The lowest BCUT2D eigenvalue weighted by Crippen LogP contribution is -2.11. The number of hydrogen-bond acceptors (Lipinski definition) is 3. The van der Waals surface area contributed by atoms with E-state index in [9.17, 15) is 5.11 Å². The predicted molar refractivity (Wildman–Crippen MR) is 87.8 cm³/mol. The largest absolute Gasteiger partial charge is 0.496 e. The molecule has 3 heteroatoms.